The molecule has 0 amide bonds. The van der Waals surface area contributed by atoms with E-state index >= 15 is 0 Å². The first-order valence-corrected chi connectivity index (χ1v) is 9.78. The van der Waals surface area contributed by atoms with E-state index in [4.69, 9.17) is 9.15 Å². The first-order chi connectivity index (χ1) is 14.5. The summed E-state index contributed by atoms with van der Waals surface area (Å²) in [6, 6.07) is 15.8. The quantitative estimate of drug-likeness (QED) is 0.344. The number of aromatic nitrogens is 3. The Morgan fingerprint density at radius 1 is 1.10 bits per heavy atom. The van der Waals surface area contributed by atoms with Gasteiger partial charge in [-0.25, -0.2) is 9.78 Å². The molecule has 0 radical (unpaired) electrons. The number of carbonyl (C=O) groups is 1. The third kappa shape index (κ3) is 4.33. The highest BCUT2D eigenvalue weighted by atomic mass is 16.5. The second-order valence-corrected chi connectivity index (χ2v) is 7.24. The number of fused-ring (bicyclic) bond motifs is 1. The highest BCUT2D eigenvalue weighted by Gasteiger charge is 2.11. The lowest BCUT2D eigenvalue weighted by molar-refractivity contribution is -0.139. The Hall–Kier alpha value is -3.67. The van der Waals surface area contributed by atoms with E-state index in [1.807, 2.05) is 42.8 Å². The lowest BCUT2D eigenvalue weighted by Gasteiger charge is -2.05. The smallest absolute Gasteiger partial charge is 0.331 e. The summed E-state index contributed by atoms with van der Waals surface area (Å²) >= 11 is 0. The van der Waals surface area contributed by atoms with Crippen molar-refractivity contribution in [3.63, 3.8) is 0 Å². The van der Waals surface area contributed by atoms with Gasteiger partial charge in [-0.15, -0.1) is 0 Å². The van der Waals surface area contributed by atoms with Gasteiger partial charge in [0.1, 0.15) is 5.52 Å². The summed E-state index contributed by atoms with van der Waals surface area (Å²) in [7, 11) is 0. The van der Waals surface area contributed by atoms with Crippen molar-refractivity contribution in [1.82, 2.24) is 14.8 Å². The summed E-state index contributed by atoms with van der Waals surface area (Å²) < 4.78 is 12.8. The van der Waals surface area contributed by atoms with E-state index < -0.39 is 5.97 Å². The highest BCUT2D eigenvalue weighted by Crippen LogP contribution is 2.18. The second kappa shape index (κ2) is 8.37. The summed E-state index contributed by atoms with van der Waals surface area (Å²) in [5.41, 5.74) is 6.60. The van der Waals surface area contributed by atoms with E-state index in [9.17, 15) is 4.79 Å². The maximum Gasteiger partial charge on any atom is 0.331 e. The molecule has 6 nitrogen and oxygen atoms in total. The Morgan fingerprint density at radius 3 is 2.63 bits per heavy atom. The van der Waals surface area contributed by atoms with E-state index in [-0.39, 0.29) is 6.61 Å². The van der Waals surface area contributed by atoms with Crippen LogP contribution in [0.1, 0.15) is 34.0 Å². The topological polar surface area (TPSA) is 70.2 Å². The number of para-hydroxylation sites is 2. The Labute approximate surface area is 174 Å². The third-order valence-electron chi connectivity index (χ3n) is 4.95. The molecule has 4 rings (SSSR count). The molecule has 0 bridgehead atoms. The van der Waals surface area contributed by atoms with Crippen LogP contribution in [0.3, 0.4) is 0 Å². The molecule has 2 heterocycles. The number of oxazole rings is 1. The largest absolute Gasteiger partial charge is 0.453 e. The first-order valence-electron chi connectivity index (χ1n) is 9.78. The average Bonchev–Trinajstić information content (AvgIpc) is 3.27. The van der Waals surface area contributed by atoms with Crippen molar-refractivity contribution in [2.75, 3.05) is 0 Å². The van der Waals surface area contributed by atoms with Gasteiger partial charge < -0.3 is 9.15 Å². The SMILES string of the molecule is Cc1ccc(Cn2nc(C)c(/C=C/C(=O)OCc3nc4ccccc4o3)c2C)cc1. The fourth-order valence-corrected chi connectivity index (χ4v) is 3.29. The molecule has 0 aliphatic heterocycles. The van der Waals surface area contributed by atoms with E-state index in [1.165, 1.54) is 17.2 Å². The minimum atomic E-state index is -0.456. The van der Waals surface area contributed by atoms with Gasteiger partial charge in [-0.05, 0) is 44.5 Å². The minimum Gasteiger partial charge on any atom is -0.453 e. The summed E-state index contributed by atoms with van der Waals surface area (Å²) in [4.78, 5) is 16.4. The van der Waals surface area contributed by atoms with Crippen LogP contribution in [0.15, 0.2) is 59.0 Å². The summed E-state index contributed by atoms with van der Waals surface area (Å²) in [6.07, 6.45) is 3.16. The van der Waals surface area contributed by atoms with Crippen LogP contribution in [0.25, 0.3) is 17.2 Å². The maximum absolute atomic E-state index is 12.2. The number of nitrogens with zero attached hydrogens (tertiary/aromatic N) is 3. The van der Waals surface area contributed by atoms with Gasteiger partial charge in [0.05, 0.1) is 12.2 Å². The number of esters is 1. The number of hydrogen-bond acceptors (Lipinski definition) is 5. The molecule has 0 aliphatic rings. The zero-order valence-corrected chi connectivity index (χ0v) is 17.3. The molecule has 2 aromatic heterocycles. The van der Waals surface area contributed by atoms with Gasteiger partial charge in [0.2, 0.25) is 5.89 Å². The van der Waals surface area contributed by atoms with Crippen LogP contribution in [-0.2, 0) is 22.7 Å². The third-order valence-corrected chi connectivity index (χ3v) is 4.95. The molecule has 6 heteroatoms. The Balaban J connectivity index is 1.40. The number of rotatable bonds is 6. The number of carbonyl (C=O) groups excluding carboxylic acids is 1. The molecule has 2 aromatic carbocycles. The monoisotopic (exact) mass is 401 g/mol. The molecule has 0 saturated heterocycles. The van der Waals surface area contributed by atoms with Crippen molar-refractivity contribution in [2.45, 2.75) is 33.9 Å². The predicted molar refractivity (Wildman–Crippen MR) is 115 cm³/mol. The maximum atomic E-state index is 12.2. The van der Waals surface area contributed by atoms with Gasteiger partial charge in [0, 0.05) is 17.3 Å². The lowest BCUT2D eigenvalue weighted by atomic mass is 10.1. The van der Waals surface area contributed by atoms with Crippen molar-refractivity contribution in [3.05, 3.63) is 88.6 Å². The first kappa shape index (κ1) is 19.6. The number of ether oxygens (including phenoxy) is 1. The van der Waals surface area contributed by atoms with Crippen LogP contribution in [0.5, 0.6) is 0 Å². The number of benzene rings is 2. The van der Waals surface area contributed by atoms with Crippen LogP contribution in [0, 0.1) is 20.8 Å². The zero-order chi connectivity index (χ0) is 21.1. The fraction of sp³-hybridized carbons (Fsp3) is 0.208. The standard InChI is InChI=1S/C24H23N3O3/c1-16-8-10-19(11-9-16)14-27-18(3)20(17(2)26-27)12-13-24(28)29-15-23-25-21-6-4-5-7-22(21)30-23/h4-13H,14-15H2,1-3H3/b13-12+. The molecule has 0 fully saturated rings. The van der Waals surface area contributed by atoms with Gasteiger partial charge >= 0.3 is 5.97 Å². The second-order valence-electron chi connectivity index (χ2n) is 7.24. The summed E-state index contributed by atoms with van der Waals surface area (Å²) in [5.74, 6) is -0.0847. The predicted octanol–water partition coefficient (Wildman–Crippen LogP) is 4.75. The van der Waals surface area contributed by atoms with Crippen LogP contribution in [-0.4, -0.2) is 20.7 Å². The van der Waals surface area contributed by atoms with Crippen molar-refractivity contribution in [2.24, 2.45) is 0 Å². The molecule has 0 unspecified atom stereocenters. The van der Waals surface area contributed by atoms with Crippen LogP contribution >= 0.6 is 0 Å². The summed E-state index contributed by atoms with van der Waals surface area (Å²) in [5, 5.41) is 4.61. The van der Waals surface area contributed by atoms with Gasteiger partial charge in [-0.2, -0.15) is 5.10 Å². The molecule has 0 atom stereocenters. The molecule has 0 spiro atoms. The number of aryl methyl sites for hydroxylation is 2. The van der Waals surface area contributed by atoms with Gasteiger partial charge in [-0.3, -0.25) is 4.68 Å². The van der Waals surface area contributed by atoms with E-state index in [0.29, 0.717) is 18.0 Å². The molecular formula is C24H23N3O3. The molecule has 30 heavy (non-hydrogen) atoms. The van der Waals surface area contributed by atoms with Crippen LogP contribution in [0.2, 0.25) is 0 Å². The fourth-order valence-electron chi connectivity index (χ4n) is 3.29. The Kier molecular flexibility index (Phi) is 5.48. The van der Waals surface area contributed by atoms with E-state index in [0.717, 1.165) is 22.5 Å². The highest BCUT2D eigenvalue weighted by molar-refractivity contribution is 5.87. The zero-order valence-electron chi connectivity index (χ0n) is 17.3. The molecule has 0 saturated carbocycles. The molecular weight excluding hydrogens is 378 g/mol. The van der Waals surface area contributed by atoms with Crippen molar-refractivity contribution < 1.29 is 13.9 Å². The molecule has 0 N–H and O–H groups in total. The summed E-state index contributed by atoms with van der Waals surface area (Å²) in [6.45, 7) is 6.67. The van der Waals surface area contributed by atoms with Gasteiger partial charge in [0.25, 0.3) is 0 Å². The van der Waals surface area contributed by atoms with Gasteiger partial charge in [-0.1, -0.05) is 42.0 Å². The minimum absolute atomic E-state index is 0.0114. The lowest BCUT2D eigenvalue weighted by Crippen LogP contribution is -2.04. The van der Waals surface area contributed by atoms with Crippen LogP contribution in [0.4, 0.5) is 0 Å². The van der Waals surface area contributed by atoms with Crippen molar-refractivity contribution in [1.29, 1.82) is 0 Å². The molecule has 152 valence electrons. The number of hydrogen-bond donors (Lipinski definition) is 0. The van der Waals surface area contributed by atoms with Crippen molar-refractivity contribution >= 4 is 23.1 Å². The normalized spacial score (nSPS) is 11.4. The Bertz CT molecular complexity index is 1180. The van der Waals surface area contributed by atoms with Crippen LogP contribution < -0.4 is 0 Å². The van der Waals surface area contributed by atoms with E-state index in [2.05, 4.69) is 41.3 Å². The van der Waals surface area contributed by atoms with E-state index in [1.54, 1.807) is 6.08 Å². The molecule has 0 aliphatic carbocycles. The van der Waals surface area contributed by atoms with Crippen molar-refractivity contribution in [3.8, 4) is 0 Å². The van der Waals surface area contributed by atoms with Gasteiger partial charge in [0.15, 0.2) is 12.2 Å². The average molecular weight is 401 g/mol. The molecule has 4 aromatic rings. The Morgan fingerprint density at radius 2 is 1.87 bits per heavy atom.